The number of alkyl halides is 3. The smallest absolute Gasteiger partial charge is 0.417 e. The van der Waals surface area contributed by atoms with E-state index in [4.69, 9.17) is 4.74 Å². The van der Waals surface area contributed by atoms with Crippen LogP contribution >= 0.6 is 11.3 Å². The molecule has 0 fully saturated rings. The van der Waals surface area contributed by atoms with Gasteiger partial charge in [0.1, 0.15) is 5.75 Å². The summed E-state index contributed by atoms with van der Waals surface area (Å²) < 4.78 is 43.2. The zero-order valence-corrected chi connectivity index (χ0v) is 16.7. The van der Waals surface area contributed by atoms with Gasteiger partial charge in [-0.05, 0) is 37.4 Å². The molecule has 0 unspecified atom stereocenters. The van der Waals surface area contributed by atoms with Gasteiger partial charge >= 0.3 is 6.18 Å². The van der Waals surface area contributed by atoms with Crippen LogP contribution < -0.4 is 10.1 Å². The van der Waals surface area contributed by atoms with E-state index < -0.39 is 11.7 Å². The molecule has 1 aromatic carbocycles. The summed E-state index contributed by atoms with van der Waals surface area (Å²) in [5.74, 6) is 0.0822. The number of aromatic nitrogens is 2. The zero-order valence-electron chi connectivity index (χ0n) is 15.9. The van der Waals surface area contributed by atoms with Crippen LogP contribution in [-0.2, 0) is 19.1 Å². The van der Waals surface area contributed by atoms with Crippen molar-refractivity contribution in [3.8, 4) is 11.6 Å². The van der Waals surface area contributed by atoms with Gasteiger partial charge in [-0.25, -0.2) is 9.97 Å². The van der Waals surface area contributed by atoms with Crippen LogP contribution in [0, 0.1) is 0 Å². The number of carbonyl (C=O) groups is 1. The minimum absolute atomic E-state index is 0.0264. The number of nitrogens with zero attached hydrogens (tertiary/aromatic N) is 3. The average molecular weight is 434 g/mol. The van der Waals surface area contributed by atoms with Crippen LogP contribution in [0.2, 0.25) is 0 Å². The molecule has 30 heavy (non-hydrogen) atoms. The molecule has 0 saturated carbocycles. The Morgan fingerprint density at radius 3 is 2.63 bits per heavy atom. The molecular weight excluding hydrogens is 417 g/mol. The van der Waals surface area contributed by atoms with Crippen LogP contribution in [-0.4, -0.2) is 34.4 Å². The summed E-state index contributed by atoms with van der Waals surface area (Å²) in [5, 5.41) is 3.37. The average Bonchev–Trinajstić information content (AvgIpc) is 3.09. The van der Waals surface area contributed by atoms with Gasteiger partial charge in [-0.15, -0.1) is 11.3 Å². The van der Waals surface area contributed by atoms with E-state index in [0.29, 0.717) is 22.6 Å². The molecule has 10 heteroatoms. The van der Waals surface area contributed by atoms with E-state index in [1.165, 1.54) is 11.3 Å². The third kappa shape index (κ3) is 4.60. The van der Waals surface area contributed by atoms with Gasteiger partial charge in [0.25, 0.3) is 5.91 Å². The topological polar surface area (TPSA) is 67.4 Å². The van der Waals surface area contributed by atoms with E-state index >= 15 is 0 Å². The molecule has 1 aliphatic rings. The Morgan fingerprint density at radius 2 is 1.97 bits per heavy atom. The summed E-state index contributed by atoms with van der Waals surface area (Å²) in [4.78, 5) is 24.0. The van der Waals surface area contributed by atoms with E-state index in [1.807, 2.05) is 7.05 Å². The summed E-state index contributed by atoms with van der Waals surface area (Å²) in [6, 6.07) is 8.28. The fourth-order valence-corrected chi connectivity index (χ4v) is 4.03. The molecule has 1 amide bonds. The number of ether oxygens (including phenoxy) is 1. The highest BCUT2D eigenvalue weighted by Crippen LogP contribution is 2.30. The number of carbonyl (C=O) groups excluding carboxylic acids is 1. The predicted octanol–water partition coefficient (Wildman–Crippen LogP) is 4.59. The Hall–Kier alpha value is -2.98. The summed E-state index contributed by atoms with van der Waals surface area (Å²) in [6.07, 6.45) is -2.88. The van der Waals surface area contributed by atoms with Crippen LogP contribution in [0.15, 0.2) is 42.6 Å². The highest BCUT2D eigenvalue weighted by molar-refractivity contribution is 7.15. The second-order valence-electron chi connectivity index (χ2n) is 6.84. The molecule has 0 spiro atoms. The largest absolute Gasteiger partial charge is 0.439 e. The molecule has 3 aromatic rings. The Balaban J connectivity index is 1.39. The molecule has 0 saturated heterocycles. The molecule has 1 N–H and O–H groups in total. The second kappa shape index (κ2) is 8.04. The van der Waals surface area contributed by atoms with Gasteiger partial charge in [0, 0.05) is 42.2 Å². The number of benzene rings is 1. The summed E-state index contributed by atoms with van der Waals surface area (Å²) in [5.41, 5.74) is 0.589. The Bertz CT molecular complexity index is 1050. The van der Waals surface area contributed by atoms with Crippen LogP contribution in [0.5, 0.6) is 11.6 Å². The molecule has 156 valence electrons. The molecule has 0 atom stereocenters. The van der Waals surface area contributed by atoms with Crippen molar-refractivity contribution in [1.29, 1.82) is 0 Å². The number of likely N-dealkylation sites (N-methyl/N-ethyl adjacent to an activating group) is 1. The van der Waals surface area contributed by atoms with Crippen LogP contribution in [0.1, 0.15) is 26.5 Å². The molecule has 4 rings (SSSR count). The second-order valence-corrected chi connectivity index (χ2v) is 7.92. The highest BCUT2D eigenvalue weighted by atomic mass is 32.1. The SMILES string of the molecule is CN1CCc2nc(NC(=O)c3ccc(Oc4ccc(C(F)(F)F)cn4)cc3)sc2C1. The lowest BCUT2D eigenvalue weighted by atomic mass is 10.2. The monoisotopic (exact) mass is 434 g/mol. The van der Waals surface area contributed by atoms with Gasteiger partial charge in [0.05, 0.1) is 11.3 Å². The fraction of sp³-hybridized carbons (Fsp3) is 0.250. The van der Waals surface area contributed by atoms with Crippen molar-refractivity contribution < 1.29 is 22.7 Å². The van der Waals surface area contributed by atoms with Crippen molar-refractivity contribution in [2.24, 2.45) is 0 Å². The van der Waals surface area contributed by atoms with Crippen molar-refractivity contribution in [2.75, 3.05) is 18.9 Å². The molecule has 0 radical (unpaired) electrons. The van der Waals surface area contributed by atoms with Crippen molar-refractivity contribution >= 4 is 22.4 Å². The van der Waals surface area contributed by atoms with Crippen molar-refractivity contribution in [3.63, 3.8) is 0 Å². The molecule has 0 bridgehead atoms. The lowest BCUT2D eigenvalue weighted by Gasteiger charge is -2.20. The molecular formula is C20H17F3N4O2S. The minimum Gasteiger partial charge on any atom is -0.439 e. The lowest BCUT2D eigenvalue weighted by Crippen LogP contribution is -2.25. The Morgan fingerprint density at radius 1 is 1.20 bits per heavy atom. The molecule has 2 aromatic heterocycles. The number of hydrogen-bond donors (Lipinski definition) is 1. The van der Waals surface area contributed by atoms with Crippen LogP contribution in [0.3, 0.4) is 0 Å². The van der Waals surface area contributed by atoms with Gasteiger partial charge in [0.2, 0.25) is 5.88 Å². The maximum absolute atomic E-state index is 12.6. The maximum Gasteiger partial charge on any atom is 0.417 e. The number of thiazole rings is 1. The fourth-order valence-electron chi connectivity index (χ4n) is 2.95. The van der Waals surface area contributed by atoms with Crippen LogP contribution in [0.4, 0.5) is 18.3 Å². The van der Waals surface area contributed by atoms with Gasteiger partial charge in [0.15, 0.2) is 5.13 Å². The predicted molar refractivity (Wildman–Crippen MR) is 106 cm³/mol. The first-order chi connectivity index (χ1) is 14.3. The van der Waals surface area contributed by atoms with Gasteiger partial charge in [-0.1, -0.05) is 0 Å². The number of pyridine rings is 1. The standard InChI is InChI=1S/C20H17F3N4O2S/c1-27-9-8-15-16(11-27)30-19(25-15)26-18(28)12-2-5-14(6-3-12)29-17-7-4-13(10-24-17)20(21,22)23/h2-7,10H,8-9,11H2,1H3,(H,25,26,28). The number of fused-ring (bicyclic) bond motifs is 1. The first-order valence-corrected chi connectivity index (χ1v) is 9.89. The van der Waals surface area contributed by atoms with E-state index in [9.17, 15) is 18.0 Å². The van der Waals surface area contributed by atoms with E-state index in [0.717, 1.165) is 42.2 Å². The van der Waals surface area contributed by atoms with Crippen molar-refractivity contribution in [1.82, 2.24) is 14.9 Å². The third-order valence-electron chi connectivity index (χ3n) is 4.55. The first kappa shape index (κ1) is 20.3. The summed E-state index contributed by atoms with van der Waals surface area (Å²) in [6.45, 7) is 1.77. The number of halogens is 3. The van der Waals surface area contributed by atoms with E-state index in [1.54, 1.807) is 24.3 Å². The summed E-state index contributed by atoms with van der Waals surface area (Å²) >= 11 is 1.47. The highest BCUT2D eigenvalue weighted by Gasteiger charge is 2.30. The van der Waals surface area contributed by atoms with Crippen LogP contribution in [0.25, 0.3) is 0 Å². The van der Waals surface area contributed by atoms with Gasteiger partial charge < -0.3 is 9.64 Å². The minimum atomic E-state index is -4.45. The molecule has 0 aliphatic carbocycles. The van der Waals surface area contributed by atoms with Crippen molar-refractivity contribution in [2.45, 2.75) is 19.1 Å². The van der Waals surface area contributed by atoms with E-state index in [2.05, 4.69) is 20.2 Å². The lowest BCUT2D eigenvalue weighted by molar-refractivity contribution is -0.137. The number of hydrogen-bond acceptors (Lipinski definition) is 6. The zero-order chi connectivity index (χ0) is 21.3. The molecule has 1 aliphatic heterocycles. The number of nitrogens with one attached hydrogen (secondary N) is 1. The number of amides is 1. The van der Waals surface area contributed by atoms with Gasteiger partial charge in [-0.2, -0.15) is 13.2 Å². The third-order valence-corrected chi connectivity index (χ3v) is 5.54. The normalized spacial score (nSPS) is 14.3. The maximum atomic E-state index is 12.6. The van der Waals surface area contributed by atoms with E-state index in [-0.39, 0.29) is 11.8 Å². The molecule has 6 nitrogen and oxygen atoms in total. The summed E-state index contributed by atoms with van der Waals surface area (Å²) in [7, 11) is 2.05. The molecule has 3 heterocycles. The first-order valence-electron chi connectivity index (χ1n) is 9.07. The van der Waals surface area contributed by atoms with Gasteiger partial charge in [-0.3, -0.25) is 10.1 Å². The van der Waals surface area contributed by atoms with Crippen molar-refractivity contribution in [3.05, 3.63) is 64.3 Å². The number of anilines is 1. The number of rotatable bonds is 4. The Labute approximate surface area is 174 Å². The Kier molecular flexibility index (Phi) is 5.44. The quantitative estimate of drug-likeness (QED) is 0.651.